The molecule has 20 heavy (non-hydrogen) atoms. The Morgan fingerprint density at radius 1 is 1.55 bits per heavy atom. The molecule has 0 bridgehead atoms. The molecule has 0 aliphatic heterocycles. The van der Waals surface area contributed by atoms with Crippen LogP contribution in [0.25, 0.3) is 10.2 Å². The number of nitrogens with one attached hydrogen (secondary N) is 2. The SMILES string of the molecule is CCCNCC(=O)N(C)Cc1nc2ccsc2c(=O)[nH]1. The van der Waals surface area contributed by atoms with Crippen molar-refractivity contribution in [2.75, 3.05) is 20.1 Å². The smallest absolute Gasteiger partial charge is 0.268 e. The van der Waals surface area contributed by atoms with Crippen LogP contribution in [0.5, 0.6) is 0 Å². The fourth-order valence-electron chi connectivity index (χ4n) is 1.82. The van der Waals surface area contributed by atoms with Gasteiger partial charge in [-0.1, -0.05) is 6.92 Å². The summed E-state index contributed by atoms with van der Waals surface area (Å²) in [4.78, 5) is 32.3. The highest BCUT2D eigenvalue weighted by molar-refractivity contribution is 7.17. The van der Waals surface area contributed by atoms with Crippen LogP contribution >= 0.6 is 11.3 Å². The molecule has 0 saturated heterocycles. The Morgan fingerprint density at radius 3 is 3.10 bits per heavy atom. The lowest BCUT2D eigenvalue weighted by atomic mass is 10.4. The Kier molecular flexibility index (Phi) is 4.86. The minimum Gasteiger partial charge on any atom is -0.337 e. The van der Waals surface area contributed by atoms with Gasteiger partial charge >= 0.3 is 0 Å². The zero-order valence-corrected chi connectivity index (χ0v) is 12.4. The molecule has 2 rings (SSSR count). The van der Waals surface area contributed by atoms with Crippen LogP contribution < -0.4 is 10.9 Å². The molecule has 2 N–H and O–H groups in total. The summed E-state index contributed by atoms with van der Waals surface area (Å²) in [5.41, 5.74) is 0.531. The summed E-state index contributed by atoms with van der Waals surface area (Å²) < 4.78 is 0.618. The summed E-state index contributed by atoms with van der Waals surface area (Å²) in [5.74, 6) is 0.485. The zero-order chi connectivity index (χ0) is 14.5. The van der Waals surface area contributed by atoms with Crippen LogP contribution in [0.2, 0.25) is 0 Å². The van der Waals surface area contributed by atoms with Crippen molar-refractivity contribution in [2.45, 2.75) is 19.9 Å². The number of H-pyrrole nitrogens is 1. The fraction of sp³-hybridized carbons (Fsp3) is 0.462. The second kappa shape index (κ2) is 6.62. The molecular formula is C13H18N4O2S. The molecule has 2 heterocycles. The first-order chi connectivity index (χ1) is 9.61. The summed E-state index contributed by atoms with van der Waals surface area (Å²) in [7, 11) is 1.70. The minimum absolute atomic E-state index is 0.0217. The van der Waals surface area contributed by atoms with Crippen molar-refractivity contribution in [1.82, 2.24) is 20.2 Å². The molecule has 0 aromatic carbocycles. The number of amides is 1. The predicted octanol–water partition coefficient (Wildman–Crippen LogP) is 0.943. The Labute approximate surface area is 120 Å². The van der Waals surface area contributed by atoms with Crippen molar-refractivity contribution in [3.63, 3.8) is 0 Å². The second-order valence-corrected chi connectivity index (χ2v) is 5.49. The van der Waals surface area contributed by atoms with Gasteiger partial charge in [-0.15, -0.1) is 11.3 Å². The summed E-state index contributed by atoms with van der Waals surface area (Å²) in [6.07, 6.45) is 0.987. The molecule has 0 aliphatic rings. The third kappa shape index (κ3) is 3.43. The number of carbonyl (C=O) groups excluding carboxylic acids is 1. The maximum atomic E-state index is 11.9. The van der Waals surface area contributed by atoms with E-state index in [1.807, 2.05) is 18.4 Å². The molecule has 0 saturated carbocycles. The molecule has 6 nitrogen and oxygen atoms in total. The molecule has 2 aromatic rings. The van der Waals surface area contributed by atoms with Gasteiger partial charge in [0.1, 0.15) is 10.5 Å². The van der Waals surface area contributed by atoms with Crippen molar-refractivity contribution in [3.8, 4) is 0 Å². The van der Waals surface area contributed by atoms with Gasteiger partial charge in [-0.3, -0.25) is 9.59 Å². The van der Waals surface area contributed by atoms with E-state index in [9.17, 15) is 9.59 Å². The van der Waals surface area contributed by atoms with Gasteiger partial charge in [0.05, 0.1) is 18.6 Å². The molecule has 2 aromatic heterocycles. The average Bonchev–Trinajstić information content (AvgIpc) is 2.87. The van der Waals surface area contributed by atoms with Gasteiger partial charge in [0.15, 0.2) is 0 Å². The number of fused-ring (bicyclic) bond motifs is 1. The van der Waals surface area contributed by atoms with E-state index >= 15 is 0 Å². The quantitative estimate of drug-likeness (QED) is 0.777. The van der Waals surface area contributed by atoms with Gasteiger partial charge in [0.2, 0.25) is 5.91 Å². The molecule has 0 radical (unpaired) electrons. The van der Waals surface area contributed by atoms with Crippen LogP contribution in [0.4, 0.5) is 0 Å². The van der Waals surface area contributed by atoms with Gasteiger partial charge in [-0.05, 0) is 24.4 Å². The first-order valence-electron chi connectivity index (χ1n) is 6.53. The van der Waals surface area contributed by atoms with Crippen molar-refractivity contribution in [2.24, 2.45) is 0 Å². The number of likely N-dealkylation sites (N-methyl/N-ethyl adjacent to an activating group) is 1. The number of aromatic nitrogens is 2. The lowest BCUT2D eigenvalue weighted by Gasteiger charge is -2.16. The molecule has 0 atom stereocenters. The molecule has 7 heteroatoms. The third-order valence-electron chi connectivity index (χ3n) is 2.88. The van der Waals surface area contributed by atoms with Crippen molar-refractivity contribution in [1.29, 1.82) is 0 Å². The van der Waals surface area contributed by atoms with E-state index in [2.05, 4.69) is 15.3 Å². The molecular weight excluding hydrogens is 276 g/mol. The van der Waals surface area contributed by atoms with Crippen LogP contribution in [-0.2, 0) is 11.3 Å². The number of hydrogen-bond acceptors (Lipinski definition) is 5. The standard InChI is InChI=1S/C13H18N4O2S/c1-3-5-14-7-11(18)17(2)8-10-15-9-4-6-20-12(9)13(19)16-10/h4,6,14H,3,5,7-8H2,1-2H3,(H,15,16,19). The number of hydrogen-bond donors (Lipinski definition) is 2. The summed E-state index contributed by atoms with van der Waals surface area (Å²) in [6, 6.07) is 1.81. The van der Waals surface area contributed by atoms with E-state index in [1.165, 1.54) is 11.3 Å². The fourth-order valence-corrected chi connectivity index (χ4v) is 2.54. The van der Waals surface area contributed by atoms with Crippen molar-refractivity contribution >= 4 is 27.5 Å². The molecule has 0 aliphatic carbocycles. The van der Waals surface area contributed by atoms with E-state index in [-0.39, 0.29) is 11.5 Å². The Bertz CT molecular complexity index is 649. The van der Waals surface area contributed by atoms with Crippen LogP contribution in [-0.4, -0.2) is 40.9 Å². The van der Waals surface area contributed by atoms with Crippen LogP contribution in [0, 0.1) is 0 Å². The van der Waals surface area contributed by atoms with E-state index < -0.39 is 0 Å². The van der Waals surface area contributed by atoms with Gasteiger partial charge in [0, 0.05) is 7.05 Å². The van der Waals surface area contributed by atoms with Crippen LogP contribution in [0.3, 0.4) is 0 Å². The highest BCUT2D eigenvalue weighted by Crippen LogP contribution is 2.13. The largest absolute Gasteiger partial charge is 0.337 e. The van der Waals surface area contributed by atoms with E-state index in [4.69, 9.17) is 0 Å². The molecule has 0 fully saturated rings. The van der Waals surface area contributed by atoms with Crippen molar-refractivity contribution < 1.29 is 4.79 Å². The monoisotopic (exact) mass is 294 g/mol. The normalized spacial score (nSPS) is 10.9. The van der Waals surface area contributed by atoms with E-state index in [0.29, 0.717) is 29.1 Å². The van der Waals surface area contributed by atoms with E-state index in [0.717, 1.165) is 13.0 Å². The third-order valence-corrected chi connectivity index (χ3v) is 3.78. The maximum absolute atomic E-state index is 11.9. The summed E-state index contributed by atoms with van der Waals surface area (Å²) in [6.45, 7) is 3.46. The van der Waals surface area contributed by atoms with Gasteiger partial charge in [0.25, 0.3) is 5.56 Å². The first kappa shape index (κ1) is 14.7. The van der Waals surface area contributed by atoms with Gasteiger partial charge < -0.3 is 15.2 Å². The molecule has 108 valence electrons. The molecule has 1 amide bonds. The Hall–Kier alpha value is -1.73. The van der Waals surface area contributed by atoms with Gasteiger partial charge in [-0.2, -0.15) is 0 Å². The van der Waals surface area contributed by atoms with E-state index in [1.54, 1.807) is 11.9 Å². The summed E-state index contributed by atoms with van der Waals surface area (Å²) in [5, 5.41) is 4.89. The maximum Gasteiger partial charge on any atom is 0.268 e. The number of thiophene rings is 1. The lowest BCUT2D eigenvalue weighted by molar-refractivity contribution is -0.129. The highest BCUT2D eigenvalue weighted by atomic mass is 32.1. The topological polar surface area (TPSA) is 78.1 Å². The number of aromatic amines is 1. The number of carbonyl (C=O) groups is 1. The van der Waals surface area contributed by atoms with Crippen LogP contribution in [0.1, 0.15) is 19.2 Å². The highest BCUT2D eigenvalue weighted by Gasteiger charge is 2.11. The Morgan fingerprint density at radius 2 is 2.35 bits per heavy atom. The number of rotatable bonds is 6. The van der Waals surface area contributed by atoms with Gasteiger partial charge in [-0.25, -0.2) is 4.98 Å². The lowest BCUT2D eigenvalue weighted by Crippen LogP contribution is -2.36. The number of nitrogens with zero attached hydrogens (tertiary/aromatic N) is 2. The average molecular weight is 294 g/mol. The summed E-state index contributed by atoms with van der Waals surface area (Å²) >= 11 is 1.36. The first-order valence-corrected chi connectivity index (χ1v) is 7.41. The Balaban J connectivity index is 2.03. The second-order valence-electron chi connectivity index (χ2n) is 4.57. The van der Waals surface area contributed by atoms with Crippen molar-refractivity contribution in [3.05, 3.63) is 27.6 Å². The van der Waals surface area contributed by atoms with Crippen LogP contribution in [0.15, 0.2) is 16.2 Å². The molecule has 0 unspecified atom stereocenters. The molecule has 0 spiro atoms. The zero-order valence-electron chi connectivity index (χ0n) is 11.6. The predicted molar refractivity (Wildman–Crippen MR) is 79.9 cm³/mol. The minimum atomic E-state index is -0.148.